The molecule has 0 aliphatic carbocycles. The third kappa shape index (κ3) is 5.16. The van der Waals surface area contributed by atoms with E-state index in [0.29, 0.717) is 11.3 Å². The van der Waals surface area contributed by atoms with Crippen LogP contribution in [0.25, 0.3) is 22.3 Å². The highest BCUT2D eigenvalue weighted by Gasteiger charge is 2.27. The van der Waals surface area contributed by atoms with Crippen LogP contribution in [0.15, 0.2) is 39.5 Å². The number of hydrogen-bond acceptors (Lipinski definition) is 9. The number of aliphatic hydroxyl groups excluding tert-OH is 1. The van der Waals surface area contributed by atoms with E-state index < -0.39 is 29.0 Å². The lowest BCUT2D eigenvalue weighted by Crippen LogP contribution is -2.21. The number of aliphatic hydroxyl groups is 1. The topological polar surface area (TPSA) is 136 Å². The van der Waals surface area contributed by atoms with E-state index in [-0.39, 0.29) is 53.6 Å². The van der Waals surface area contributed by atoms with Crippen molar-refractivity contribution in [2.45, 2.75) is 33.3 Å². The lowest BCUT2D eigenvalue weighted by atomic mass is 9.96. The van der Waals surface area contributed by atoms with Crippen LogP contribution in [0.3, 0.4) is 0 Å². The molecular weight excluding hydrogens is 444 g/mol. The molecule has 0 amide bonds. The maximum Gasteiger partial charge on any atom is 0.337 e. The minimum absolute atomic E-state index is 0.0330. The Morgan fingerprint density at radius 3 is 2.38 bits per heavy atom. The molecule has 2 aromatic carbocycles. The van der Waals surface area contributed by atoms with E-state index in [2.05, 4.69) is 0 Å². The molecule has 3 rings (SSSR count). The number of phenolic OH excluding ortho intramolecular Hbond substituents is 2. The molecule has 182 valence electrons. The quantitative estimate of drug-likeness (QED) is 0.400. The maximum atomic E-state index is 13.5. The number of fused-ring (bicyclic) bond motifs is 1. The van der Waals surface area contributed by atoms with Crippen LogP contribution < -0.4 is 14.9 Å². The molecule has 0 aliphatic heterocycles. The van der Waals surface area contributed by atoms with Gasteiger partial charge in [0.05, 0.1) is 13.2 Å². The third-order valence-electron chi connectivity index (χ3n) is 5.36. The highest BCUT2D eigenvalue weighted by Crippen LogP contribution is 2.39. The second kappa shape index (κ2) is 10.6. The zero-order valence-corrected chi connectivity index (χ0v) is 19.5. The van der Waals surface area contributed by atoms with E-state index >= 15 is 0 Å². The zero-order chi connectivity index (χ0) is 25.0. The Hall–Kier alpha value is -3.56. The second-order valence-electron chi connectivity index (χ2n) is 8.04. The van der Waals surface area contributed by atoms with Gasteiger partial charge in [0.15, 0.2) is 5.76 Å². The van der Waals surface area contributed by atoms with Crippen LogP contribution in [0.2, 0.25) is 0 Å². The van der Waals surface area contributed by atoms with Crippen LogP contribution in [0.5, 0.6) is 23.0 Å². The zero-order valence-electron chi connectivity index (χ0n) is 19.5. The number of carbonyl (C=O) groups is 1. The fraction of sp³-hybridized carbons (Fsp3) is 0.360. The summed E-state index contributed by atoms with van der Waals surface area (Å²) in [6.45, 7) is 5.20. The molecule has 0 saturated heterocycles. The van der Waals surface area contributed by atoms with Crippen molar-refractivity contribution >= 4 is 16.9 Å². The minimum atomic E-state index is -0.850. The molecule has 0 spiro atoms. The number of methoxy groups -OCH3 is 1. The van der Waals surface area contributed by atoms with Gasteiger partial charge in [0.2, 0.25) is 11.2 Å². The van der Waals surface area contributed by atoms with E-state index in [1.807, 2.05) is 0 Å². The van der Waals surface area contributed by atoms with Gasteiger partial charge in [0, 0.05) is 30.2 Å². The van der Waals surface area contributed by atoms with E-state index in [1.54, 1.807) is 45.0 Å². The predicted molar refractivity (Wildman–Crippen MR) is 124 cm³/mol. The molecule has 0 radical (unpaired) electrons. The van der Waals surface area contributed by atoms with Crippen molar-refractivity contribution in [2.24, 2.45) is 5.92 Å². The molecule has 34 heavy (non-hydrogen) atoms. The summed E-state index contributed by atoms with van der Waals surface area (Å²) in [4.78, 5) is 25.7. The van der Waals surface area contributed by atoms with Crippen LogP contribution in [0, 0.1) is 5.92 Å². The normalized spacial score (nSPS) is 12.2. The first-order valence-electron chi connectivity index (χ1n) is 10.8. The molecule has 1 heterocycles. The number of benzene rings is 2. The van der Waals surface area contributed by atoms with Crippen LogP contribution in [-0.4, -0.2) is 47.7 Å². The average Bonchev–Trinajstić information content (AvgIpc) is 2.81. The Morgan fingerprint density at radius 1 is 1.12 bits per heavy atom. The second-order valence-corrected chi connectivity index (χ2v) is 8.04. The third-order valence-corrected chi connectivity index (χ3v) is 5.36. The lowest BCUT2D eigenvalue weighted by Gasteiger charge is -2.18. The van der Waals surface area contributed by atoms with Crippen molar-refractivity contribution in [3.8, 4) is 34.3 Å². The van der Waals surface area contributed by atoms with E-state index in [9.17, 15) is 24.9 Å². The summed E-state index contributed by atoms with van der Waals surface area (Å²) in [5.41, 5.74) is -0.391. The largest absolute Gasteiger partial charge is 0.507 e. The number of aromatic hydroxyl groups is 2. The minimum Gasteiger partial charge on any atom is -0.507 e. The van der Waals surface area contributed by atoms with Crippen LogP contribution >= 0.6 is 0 Å². The number of esters is 1. The summed E-state index contributed by atoms with van der Waals surface area (Å²) >= 11 is 0. The van der Waals surface area contributed by atoms with Gasteiger partial charge in [-0.1, -0.05) is 13.8 Å². The summed E-state index contributed by atoms with van der Waals surface area (Å²) in [7, 11) is 1.50. The van der Waals surface area contributed by atoms with Crippen LogP contribution in [0.4, 0.5) is 0 Å². The summed E-state index contributed by atoms with van der Waals surface area (Å²) in [6.07, 6.45) is -0.883. The van der Waals surface area contributed by atoms with E-state index in [0.717, 1.165) is 6.07 Å². The Labute approximate surface area is 196 Å². The van der Waals surface area contributed by atoms with E-state index in [4.69, 9.17) is 18.6 Å². The SMILES string of the molecule is CCOCC(=O)Oc1c(-c2ccc(OC)cc2)oc2c(CC(O)C(C)C)c(O)cc(O)c2c1=O. The summed E-state index contributed by atoms with van der Waals surface area (Å²) in [6, 6.07) is 7.48. The van der Waals surface area contributed by atoms with Crippen molar-refractivity contribution in [3.63, 3.8) is 0 Å². The molecule has 3 N–H and O–H groups in total. The van der Waals surface area contributed by atoms with Crippen molar-refractivity contribution < 1.29 is 38.7 Å². The molecule has 9 nitrogen and oxygen atoms in total. The summed E-state index contributed by atoms with van der Waals surface area (Å²) in [5.74, 6) is -1.82. The van der Waals surface area contributed by atoms with Crippen LogP contribution in [0.1, 0.15) is 26.3 Å². The fourth-order valence-corrected chi connectivity index (χ4v) is 3.37. The van der Waals surface area contributed by atoms with Gasteiger partial charge in [0.25, 0.3) is 0 Å². The molecule has 1 atom stereocenters. The predicted octanol–water partition coefficient (Wildman–Crippen LogP) is 3.38. The maximum absolute atomic E-state index is 13.5. The number of phenols is 2. The Kier molecular flexibility index (Phi) is 7.80. The molecule has 1 aromatic heterocycles. The van der Waals surface area contributed by atoms with Gasteiger partial charge in [0.1, 0.15) is 34.8 Å². The molecular formula is C25H28O9. The molecule has 0 fully saturated rings. The van der Waals surface area contributed by atoms with Crippen molar-refractivity contribution in [2.75, 3.05) is 20.3 Å². The molecule has 3 aromatic rings. The lowest BCUT2D eigenvalue weighted by molar-refractivity contribution is -0.139. The van der Waals surface area contributed by atoms with Gasteiger partial charge in [-0.15, -0.1) is 0 Å². The van der Waals surface area contributed by atoms with Gasteiger partial charge in [-0.05, 0) is 37.1 Å². The van der Waals surface area contributed by atoms with Gasteiger partial charge in [-0.2, -0.15) is 0 Å². The standard InChI is InChI=1S/C25H28O9/c1-5-32-12-20(29)33-25-22(30)21-19(28)11-18(27)16(10-17(26)13(2)3)24(21)34-23(25)14-6-8-15(31-4)9-7-14/h6-9,11,13,17,26-28H,5,10,12H2,1-4H3. The monoisotopic (exact) mass is 472 g/mol. The molecule has 1 unspecified atom stereocenters. The molecule has 9 heteroatoms. The molecule has 0 saturated carbocycles. The Balaban J connectivity index is 2.30. The smallest absolute Gasteiger partial charge is 0.337 e. The Morgan fingerprint density at radius 2 is 1.79 bits per heavy atom. The van der Waals surface area contributed by atoms with Crippen molar-refractivity contribution in [1.82, 2.24) is 0 Å². The highest BCUT2D eigenvalue weighted by molar-refractivity contribution is 5.92. The summed E-state index contributed by atoms with van der Waals surface area (Å²) < 4.78 is 21.6. The number of ether oxygens (including phenoxy) is 3. The molecule has 0 aliphatic rings. The van der Waals surface area contributed by atoms with Gasteiger partial charge < -0.3 is 33.9 Å². The average molecular weight is 472 g/mol. The van der Waals surface area contributed by atoms with Crippen molar-refractivity contribution in [1.29, 1.82) is 0 Å². The van der Waals surface area contributed by atoms with Gasteiger partial charge in [-0.3, -0.25) is 4.79 Å². The first kappa shape index (κ1) is 25.1. The van der Waals surface area contributed by atoms with Gasteiger partial charge in [-0.25, -0.2) is 4.79 Å². The van der Waals surface area contributed by atoms with Gasteiger partial charge >= 0.3 is 5.97 Å². The highest BCUT2D eigenvalue weighted by atomic mass is 16.6. The van der Waals surface area contributed by atoms with Crippen molar-refractivity contribution in [3.05, 3.63) is 46.1 Å². The van der Waals surface area contributed by atoms with Crippen LogP contribution in [-0.2, 0) is 16.0 Å². The summed E-state index contributed by atoms with van der Waals surface area (Å²) in [5, 5.41) is 31.1. The number of rotatable bonds is 9. The first-order chi connectivity index (χ1) is 16.2. The number of carbonyl (C=O) groups excluding carboxylic acids is 1. The molecule has 0 bridgehead atoms. The number of hydrogen-bond donors (Lipinski definition) is 3. The van der Waals surface area contributed by atoms with E-state index in [1.165, 1.54) is 7.11 Å². The first-order valence-corrected chi connectivity index (χ1v) is 10.8. The Bertz CT molecular complexity index is 1230. The fourth-order valence-electron chi connectivity index (χ4n) is 3.37.